The van der Waals surface area contributed by atoms with E-state index in [1.165, 1.54) is 4.90 Å². The molecular formula is C24H26N2O5. The van der Waals surface area contributed by atoms with Crippen LogP contribution in [0.1, 0.15) is 27.9 Å². The van der Waals surface area contributed by atoms with Crippen LogP contribution < -0.4 is 19.6 Å². The highest BCUT2D eigenvalue weighted by Crippen LogP contribution is 2.38. The van der Waals surface area contributed by atoms with Gasteiger partial charge >= 0.3 is 0 Å². The summed E-state index contributed by atoms with van der Waals surface area (Å²) in [5.74, 6) is 1.20. The van der Waals surface area contributed by atoms with Gasteiger partial charge in [-0.15, -0.1) is 0 Å². The van der Waals surface area contributed by atoms with Gasteiger partial charge in [-0.05, 0) is 42.2 Å². The first-order valence-corrected chi connectivity index (χ1v) is 10.2. The summed E-state index contributed by atoms with van der Waals surface area (Å²) < 4.78 is 18.2. The summed E-state index contributed by atoms with van der Waals surface area (Å²) in [6.07, 6.45) is 3.65. The number of ether oxygens (including phenoxy) is 3. The Morgan fingerprint density at radius 3 is 2.45 bits per heavy atom. The molecule has 1 amide bonds. The Hall–Kier alpha value is -3.48. The second-order valence-electron chi connectivity index (χ2n) is 7.68. The summed E-state index contributed by atoms with van der Waals surface area (Å²) in [4.78, 5) is 27.9. The van der Waals surface area contributed by atoms with Crippen molar-refractivity contribution in [2.45, 2.75) is 25.9 Å². The van der Waals surface area contributed by atoms with Crippen LogP contribution in [-0.2, 0) is 19.5 Å². The quantitative estimate of drug-likeness (QED) is 0.610. The van der Waals surface area contributed by atoms with E-state index in [2.05, 4.69) is 6.07 Å². The van der Waals surface area contributed by atoms with Crippen LogP contribution >= 0.6 is 0 Å². The number of rotatable bonds is 6. The molecule has 0 bridgehead atoms. The third kappa shape index (κ3) is 3.60. The second kappa shape index (κ2) is 8.34. The van der Waals surface area contributed by atoms with Crippen molar-refractivity contribution in [2.75, 3.05) is 28.4 Å². The van der Waals surface area contributed by atoms with Gasteiger partial charge in [0.1, 0.15) is 5.56 Å². The van der Waals surface area contributed by atoms with Crippen LogP contribution in [0.5, 0.6) is 17.2 Å². The van der Waals surface area contributed by atoms with Crippen LogP contribution in [0.25, 0.3) is 10.9 Å². The van der Waals surface area contributed by atoms with Gasteiger partial charge in [-0.1, -0.05) is 12.1 Å². The number of hydrogen-bond donors (Lipinski definition) is 0. The molecule has 7 heteroatoms. The van der Waals surface area contributed by atoms with E-state index >= 15 is 0 Å². The largest absolute Gasteiger partial charge is 0.493 e. The Morgan fingerprint density at radius 1 is 1.10 bits per heavy atom. The molecule has 0 fully saturated rings. The molecule has 0 atom stereocenters. The minimum absolute atomic E-state index is 0.182. The topological polar surface area (TPSA) is 70.0 Å². The van der Waals surface area contributed by atoms with Crippen LogP contribution in [0.15, 0.2) is 41.3 Å². The second-order valence-corrected chi connectivity index (χ2v) is 7.68. The number of amides is 1. The van der Waals surface area contributed by atoms with Crippen LogP contribution in [0.2, 0.25) is 0 Å². The minimum Gasteiger partial charge on any atom is -0.493 e. The molecular weight excluding hydrogens is 396 g/mol. The SMILES string of the molecule is COc1cc(CN(C)C(=O)c2cn3c4c(cccc4c2=O)CCC3)cc(OC)c1OC. The summed E-state index contributed by atoms with van der Waals surface area (Å²) in [6.45, 7) is 1.08. The standard InChI is InChI=1S/C24H26N2O5/c1-25(13-15-11-19(29-2)23(31-4)20(12-15)30-3)24(28)18-14-26-10-6-8-16-7-5-9-17(21(16)26)22(18)27/h5,7,9,11-12,14H,6,8,10,13H2,1-4H3. The van der Waals surface area contributed by atoms with Gasteiger partial charge in [-0.2, -0.15) is 0 Å². The van der Waals surface area contributed by atoms with Gasteiger partial charge in [0.25, 0.3) is 5.91 Å². The van der Waals surface area contributed by atoms with Crippen molar-refractivity contribution in [1.82, 2.24) is 9.47 Å². The number of para-hydroxylation sites is 1. The molecule has 0 N–H and O–H groups in total. The third-order valence-electron chi connectivity index (χ3n) is 5.75. The molecule has 2 aromatic carbocycles. The highest BCUT2D eigenvalue weighted by atomic mass is 16.5. The molecule has 0 spiro atoms. The van der Waals surface area contributed by atoms with E-state index in [-0.39, 0.29) is 23.4 Å². The molecule has 4 rings (SSSR count). The Bertz CT molecular complexity index is 1190. The molecule has 0 saturated carbocycles. The molecule has 1 aliphatic rings. The normalized spacial score (nSPS) is 12.5. The molecule has 0 aliphatic carbocycles. The van der Waals surface area contributed by atoms with E-state index in [4.69, 9.17) is 14.2 Å². The molecule has 0 unspecified atom stereocenters. The van der Waals surface area contributed by atoms with Crippen molar-refractivity contribution in [3.05, 3.63) is 63.4 Å². The van der Waals surface area contributed by atoms with E-state index in [1.54, 1.807) is 52.8 Å². The molecule has 2 heterocycles. The first kappa shape index (κ1) is 20.8. The number of aryl methyl sites for hydroxylation is 2. The van der Waals surface area contributed by atoms with Gasteiger partial charge in [0.2, 0.25) is 11.2 Å². The van der Waals surface area contributed by atoms with E-state index in [1.807, 2.05) is 10.6 Å². The Kier molecular flexibility index (Phi) is 5.59. The summed E-state index contributed by atoms with van der Waals surface area (Å²) >= 11 is 0. The van der Waals surface area contributed by atoms with Gasteiger partial charge in [-0.3, -0.25) is 9.59 Å². The van der Waals surface area contributed by atoms with Crippen molar-refractivity contribution in [2.24, 2.45) is 0 Å². The fourth-order valence-electron chi connectivity index (χ4n) is 4.29. The number of methoxy groups -OCH3 is 3. The van der Waals surface area contributed by atoms with Gasteiger partial charge < -0.3 is 23.7 Å². The van der Waals surface area contributed by atoms with Crippen molar-refractivity contribution >= 4 is 16.8 Å². The first-order chi connectivity index (χ1) is 15.0. The highest BCUT2D eigenvalue weighted by Gasteiger charge is 2.22. The number of aromatic nitrogens is 1. The molecule has 7 nitrogen and oxygen atoms in total. The average Bonchev–Trinajstić information content (AvgIpc) is 2.80. The van der Waals surface area contributed by atoms with Crippen LogP contribution in [0.4, 0.5) is 0 Å². The lowest BCUT2D eigenvalue weighted by Crippen LogP contribution is -2.32. The molecule has 1 aliphatic heterocycles. The van der Waals surface area contributed by atoms with Gasteiger partial charge in [0.15, 0.2) is 11.5 Å². The summed E-state index contributed by atoms with van der Waals surface area (Å²) in [5.41, 5.74) is 2.86. The lowest BCUT2D eigenvalue weighted by Gasteiger charge is -2.23. The fraction of sp³-hybridized carbons (Fsp3) is 0.333. The zero-order valence-corrected chi connectivity index (χ0v) is 18.2. The maximum atomic E-state index is 13.2. The van der Waals surface area contributed by atoms with E-state index < -0.39 is 0 Å². The molecule has 0 saturated heterocycles. The predicted molar refractivity (Wildman–Crippen MR) is 118 cm³/mol. The van der Waals surface area contributed by atoms with Crippen LogP contribution in [-0.4, -0.2) is 43.8 Å². The lowest BCUT2D eigenvalue weighted by molar-refractivity contribution is 0.0783. The Morgan fingerprint density at radius 2 is 1.81 bits per heavy atom. The lowest BCUT2D eigenvalue weighted by atomic mass is 9.99. The predicted octanol–water partition coefficient (Wildman–Crippen LogP) is 3.25. The van der Waals surface area contributed by atoms with Crippen molar-refractivity contribution in [3.8, 4) is 17.2 Å². The zero-order chi connectivity index (χ0) is 22.1. The van der Waals surface area contributed by atoms with Crippen molar-refractivity contribution in [1.29, 1.82) is 0 Å². The molecule has 162 valence electrons. The van der Waals surface area contributed by atoms with E-state index in [0.717, 1.165) is 36.0 Å². The van der Waals surface area contributed by atoms with Crippen molar-refractivity contribution in [3.63, 3.8) is 0 Å². The van der Waals surface area contributed by atoms with E-state index in [0.29, 0.717) is 22.6 Å². The maximum Gasteiger partial charge on any atom is 0.259 e. The average molecular weight is 422 g/mol. The number of hydrogen-bond acceptors (Lipinski definition) is 5. The summed E-state index contributed by atoms with van der Waals surface area (Å²) in [6, 6.07) is 9.35. The molecule has 0 radical (unpaired) electrons. The number of nitrogens with zero attached hydrogens (tertiary/aromatic N) is 2. The third-order valence-corrected chi connectivity index (χ3v) is 5.75. The number of carbonyl (C=O) groups is 1. The maximum absolute atomic E-state index is 13.2. The minimum atomic E-state index is -0.319. The van der Waals surface area contributed by atoms with Gasteiger partial charge in [0, 0.05) is 31.7 Å². The van der Waals surface area contributed by atoms with Crippen molar-refractivity contribution < 1.29 is 19.0 Å². The highest BCUT2D eigenvalue weighted by molar-refractivity contribution is 5.97. The molecule has 31 heavy (non-hydrogen) atoms. The monoisotopic (exact) mass is 422 g/mol. The Labute approximate surface area is 180 Å². The summed E-state index contributed by atoms with van der Waals surface area (Å²) in [7, 11) is 6.32. The number of benzene rings is 2. The molecule has 1 aromatic heterocycles. The smallest absolute Gasteiger partial charge is 0.259 e. The molecule has 3 aromatic rings. The first-order valence-electron chi connectivity index (χ1n) is 10.2. The van der Waals surface area contributed by atoms with Crippen LogP contribution in [0, 0.1) is 0 Å². The van der Waals surface area contributed by atoms with Gasteiger partial charge in [-0.25, -0.2) is 0 Å². The number of pyridine rings is 1. The Balaban J connectivity index is 1.69. The van der Waals surface area contributed by atoms with Gasteiger partial charge in [0.05, 0.1) is 26.8 Å². The number of carbonyl (C=O) groups excluding carboxylic acids is 1. The van der Waals surface area contributed by atoms with Crippen LogP contribution in [0.3, 0.4) is 0 Å². The summed E-state index contributed by atoms with van der Waals surface area (Å²) in [5, 5.41) is 0.601. The zero-order valence-electron chi connectivity index (χ0n) is 18.2. The van der Waals surface area contributed by atoms with E-state index in [9.17, 15) is 9.59 Å². The fourth-order valence-corrected chi connectivity index (χ4v) is 4.29.